The minimum Gasteiger partial charge on any atom is -0.384 e. The number of carbonyl (C=O) groups is 1. The predicted octanol–water partition coefficient (Wildman–Crippen LogP) is 3.79. The summed E-state index contributed by atoms with van der Waals surface area (Å²) in [5.74, 6) is -0.154. The standard InChI is InChI=1S/C22H15ClN8O2/c23-12-5-1-3-10-15(12)18(32)11-4-2-6-13(16(11)19(10)33)30-31-17-20(24)28-22(29-21(17)25)14-9-26-7-8-27-14/h1-9,18,32H,(H4,24,25,28,29). The number of aromatic nitrogens is 4. The number of hydrogen-bond acceptors (Lipinski definition) is 10. The third-order valence-corrected chi connectivity index (χ3v) is 5.48. The van der Waals surface area contributed by atoms with Gasteiger partial charge in [0.15, 0.2) is 28.9 Å². The van der Waals surface area contributed by atoms with E-state index in [0.29, 0.717) is 27.4 Å². The lowest BCUT2D eigenvalue weighted by Crippen LogP contribution is -2.19. The maximum absolute atomic E-state index is 13.2. The van der Waals surface area contributed by atoms with E-state index in [1.165, 1.54) is 18.6 Å². The zero-order chi connectivity index (χ0) is 23.1. The molecular formula is C22H15ClN8O2. The van der Waals surface area contributed by atoms with Crippen molar-refractivity contribution in [2.45, 2.75) is 6.10 Å². The molecule has 2 heterocycles. The number of hydrogen-bond donors (Lipinski definition) is 3. The van der Waals surface area contributed by atoms with Gasteiger partial charge in [-0.15, -0.1) is 10.2 Å². The summed E-state index contributed by atoms with van der Waals surface area (Å²) < 4.78 is 0. The van der Waals surface area contributed by atoms with Crippen LogP contribution < -0.4 is 11.5 Å². The van der Waals surface area contributed by atoms with E-state index in [-0.39, 0.29) is 40.2 Å². The minimum absolute atomic E-state index is 0.0137. The van der Waals surface area contributed by atoms with Crippen molar-refractivity contribution < 1.29 is 9.90 Å². The Morgan fingerprint density at radius 3 is 2.48 bits per heavy atom. The second kappa shape index (κ2) is 8.01. The molecule has 5 rings (SSSR count). The van der Waals surface area contributed by atoms with Crippen LogP contribution in [0.5, 0.6) is 0 Å². The molecule has 0 radical (unpaired) electrons. The summed E-state index contributed by atoms with van der Waals surface area (Å²) in [5, 5.41) is 19.5. The van der Waals surface area contributed by atoms with Crippen LogP contribution in [0.4, 0.5) is 23.0 Å². The average molecular weight is 459 g/mol. The lowest BCUT2D eigenvalue weighted by atomic mass is 9.82. The molecule has 0 saturated heterocycles. The summed E-state index contributed by atoms with van der Waals surface area (Å²) in [5.41, 5.74) is 14.0. The number of anilines is 2. The van der Waals surface area contributed by atoms with Gasteiger partial charge in [-0.25, -0.2) is 15.0 Å². The van der Waals surface area contributed by atoms with Crippen LogP contribution >= 0.6 is 11.6 Å². The highest BCUT2D eigenvalue weighted by molar-refractivity contribution is 6.32. The number of nitrogens with two attached hydrogens (primary N) is 2. The van der Waals surface area contributed by atoms with E-state index in [1.807, 2.05) is 0 Å². The Kier molecular flexibility index (Phi) is 5.00. The topological polar surface area (TPSA) is 166 Å². The molecule has 1 atom stereocenters. The molecule has 1 aliphatic carbocycles. The Labute approximate surface area is 192 Å². The van der Waals surface area contributed by atoms with Crippen molar-refractivity contribution >= 4 is 40.4 Å². The van der Waals surface area contributed by atoms with Gasteiger partial charge in [0.2, 0.25) is 0 Å². The van der Waals surface area contributed by atoms with Gasteiger partial charge < -0.3 is 16.6 Å². The van der Waals surface area contributed by atoms with Crippen LogP contribution in [0.3, 0.4) is 0 Å². The molecule has 162 valence electrons. The van der Waals surface area contributed by atoms with Gasteiger partial charge in [-0.3, -0.25) is 9.78 Å². The third-order valence-electron chi connectivity index (χ3n) is 5.16. The first-order chi connectivity index (χ1) is 16.0. The number of ketones is 1. The molecule has 33 heavy (non-hydrogen) atoms. The van der Waals surface area contributed by atoms with Crippen molar-refractivity contribution in [3.63, 3.8) is 0 Å². The predicted molar refractivity (Wildman–Crippen MR) is 121 cm³/mol. The smallest absolute Gasteiger partial charge is 0.196 e. The number of aliphatic hydroxyl groups excluding tert-OH is 1. The molecule has 0 bridgehead atoms. The molecule has 2 aromatic carbocycles. The van der Waals surface area contributed by atoms with E-state index in [4.69, 9.17) is 23.1 Å². The number of nitrogen functional groups attached to an aromatic ring is 2. The normalized spacial score (nSPS) is 14.8. The highest BCUT2D eigenvalue weighted by Gasteiger charge is 2.33. The second-order valence-electron chi connectivity index (χ2n) is 7.13. The molecule has 11 heteroatoms. The van der Waals surface area contributed by atoms with Crippen molar-refractivity contribution in [2.75, 3.05) is 11.5 Å². The summed E-state index contributed by atoms with van der Waals surface area (Å²) in [6, 6.07) is 9.79. The van der Waals surface area contributed by atoms with Gasteiger partial charge >= 0.3 is 0 Å². The van der Waals surface area contributed by atoms with Crippen LogP contribution in [0.1, 0.15) is 33.2 Å². The first-order valence-electron chi connectivity index (χ1n) is 9.71. The SMILES string of the molecule is Nc1nc(-c2cnccn2)nc(N)c1N=Nc1cccc2c1C(=O)c1cccc(Cl)c1C2O. The number of halogens is 1. The number of azo groups is 1. The molecule has 5 N–H and O–H groups in total. The molecule has 0 amide bonds. The number of carbonyl (C=O) groups excluding carboxylic acids is 1. The highest BCUT2D eigenvalue weighted by Crippen LogP contribution is 2.42. The van der Waals surface area contributed by atoms with Gasteiger partial charge in [0, 0.05) is 28.5 Å². The van der Waals surface area contributed by atoms with Crippen LogP contribution in [-0.2, 0) is 0 Å². The molecule has 0 saturated carbocycles. The first kappa shape index (κ1) is 20.6. The van der Waals surface area contributed by atoms with Crippen molar-refractivity contribution in [2.24, 2.45) is 10.2 Å². The Morgan fingerprint density at radius 2 is 1.76 bits per heavy atom. The molecule has 1 aliphatic rings. The van der Waals surface area contributed by atoms with Crippen molar-refractivity contribution in [1.29, 1.82) is 0 Å². The highest BCUT2D eigenvalue weighted by atomic mass is 35.5. The van der Waals surface area contributed by atoms with Crippen LogP contribution in [-0.4, -0.2) is 30.8 Å². The van der Waals surface area contributed by atoms with Crippen LogP contribution in [0.15, 0.2) is 65.2 Å². The van der Waals surface area contributed by atoms with E-state index in [1.54, 1.807) is 36.4 Å². The number of rotatable bonds is 3. The largest absolute Gasteiger partial charge is 0.384 e. The Hall–Kier alpha value is -4.28. The Balaban J connectivity index is 1.56. The second-order valence-corrected chi connectivity index (χ2v) is 7.54. The number of aliphatic hydroxyl groups is 1. The zero-order valence-corrected chi connectivity index (χ0v) is 17.6. The molecule has 10 nitrogen and oxygen atoms in total. The molecule has 2 aromatic heterocycles. The fourth-order valence-electron chi connectivity index (χ4n) is 3.64. The van der Waals surface area contributed by atoms with Gasteiger partial charge in [-0.2, -0.15) is 0 Å². The summed E-state index contributed by atoms with van der Waals surface area (Å²) in [6.07, 6.45) is 3.41. The molecule has 4 aromatic rings. The number of fused-ring (bicyclic) bond motifs is 2. The summed E-state index contributed by atoms with van der Waals surface area (Å²) in [4.78, 5) is 29.7. The van der Waals surface area contributed by atoms with E-state index in [9.17, 15) is 9.90 Å². The van der Waals surface area contributed by atoms with Gasteiger partial charge in [0.1, 0.15) is 11.8 Å². The van der Waals surface area contributed by atoms with E-state index < -0.39 is 6.10 Å². The fourth-order valence-corrected chi connectivity index (χ4v) is 3.92. The summed E-state index contributed by atoms with van der Waals surface area (Å²) >= 11 is 6.24. The van der Waals surface area contributed by atoms with Gasteiger partial charge in [-0.1, -0.05) is 35.9 Å². The molecule has 1 unspecified atom stereocenters. The molecular weight excluding hydrogens is 444 g/mol. The van der Waals surface area contributed by atoms with Crippen molar-refractivity contribution in [3.8, 4) is 11.5 Å². The lowest BCUT2D eigenvalue weighted by Gasteiger charge is -2.25. The molecule has 0 spiro atoms. The summed E-state index contributed by atoms with van der Waals surface area (Å²) in [7, 11) is 0. The van der Waals surface area contributed by atoms with Crippen molar-refractivity contribution in [1.82, 2.24) is 19.9 Å². The lowest BCUT2D eigenvalue weighted by molar-refractivity contribution is 0.102. The Morgan fingerprint density at radius 1 is 1.00 bits per heavy atom. The van der Waals surface area contributed by atoms with E-state index in [0.717, 1.165) is 0 Å². The number of nitrogens with zero attached hydrogens (tertiary/aromatic N) is 6. The van der Waals surface area contributed by atoms with Gasteiger partial charge in [-0.05, 0) is 17.7 Å². The average Bonchev–Trinajstić information content (AvgIpc) is 2.82. The van der Waals surface area contributed by atoms with Crippen LogP contribution in [0, 0.1) is 0 Å². The molecule has 0 fully saturated rings. The Bertz CT molecular complexity index is 1420. The zero-order valence-electron chi connectivity index (χ0n) is 16.8. The van der Waals surface area contributed by atoms with Crippen LogP contribution in [0.2, 0.25) is 5.02 Å². The third kappa shape index (κ3) is 3.47. The summed E-state index contributed by atoms with van der Waals surface area (Å²) in [6.45, 7) is 0. The fraction of sp³-hybridized carbons (Fsp3) is 0.0455. The van der Waals surface area contributed by atoms with Crippen molar-refractivity contribution in [3.05, 3.63) is 82.3 Å². The van der Waals surface area contributed by atoms with Gasteiger partial charge in [0.25, 0.3) is 0 Å². The maximum Gasteiger partial charge on any atom is 0.196 e. The monoisotopic (exact) mass is 458 g/mol. The quantitative estimate of drug-likeness (QED) is 0.390. The minimum atomic E-state index is -1.08. The molecule has 0 aliphatic heterocycles. The first-order valence-corrected chi connectivity index (χ1v) is 10.1. The van der Waals surface area contributed by atoms with E-state index >= 15 is 0 Å². The van der Waals surface area contributed by atoms with Gasteiger partial charge in [0.05, 0.1) is 17.4 Å². The maximum atomic E-state index is 13.2. The van der Waals surface area contributed by atoms with Crippen LogP contribution in [0.25, 0.3) is 11.5 Å². The van der Waals surface area contributed by atoms with E-state index in [2.05, 4.69) is 30.2 Å². The number of benzene rings is 2.